The van der Waals surface area contributed by atoms with Crippen LogP contribution in [0, 0.1) is 0 Å². The maximum Gasteiger partial charge on any atom is 0.335 e. The molecule has 2 heterocycles. The van der Waals surface area contributed by atoms with Crippen LogP contribution >= 0.6 is 0 Å². The normalized spacial score (nSPS) is 13.9. The largest absolute Gasteiger partial charge is 0.488 e. The molecular weight excluding hydrogens is 404 g/mol. The fraction of sp³-hybridized carbons (Fsp3) is 0.115. The molecule has 0 amide bonds. The summed E-state index contributed by atoms with van der Waals surface area (Å²) in [6.45, 7) is 0.995. The van der Waals surface area contributed by atoms with Crippen molar-refractivity contribution in [3.63, 3.8) is 0 Å². The SMILES string of the molecule is O=C(O)c1ccc2c(=O)n3c(nc2c1)/C(=C/c1ccccc1OCc1ccccc1)CC3. The molecule has 0 unspecified atom stereocenters. The molecule has 1 aromatic heterocycles. The number of para-hydroxylation sites is 1. The van der Waals surface area contributed by atoms with Gasteiger partial charge in [0.15, 0.2) is 0 Å². The van der Waals surface area contributed by atoms with E-state index < -0.39 is 5.97 Å². The van der Waals surface area contributed by atoms with Crippen LogP contribution in [0.5, 0.6) is 5.75 Å². The predicted octanol–water partition coefficient (Wildman–Crippen LogP) is 4.62. The smallest absolute Gasteiger partial charge is 0.335 e. The Labute approximate surface area is 184 Å². The molecule has 0 radical (unpaired) electrons. The van der Waals surface area contributed by atoms with Crippen LogP contribution in [0.4, 0.5) is 0 Å². The van der Waals surface area contributed by atoms with Gasteiger partial charge in [-0.05, 0) is 47.9 Å². The van der Waals surface area contributed by atoms with Crippen LogP contribution in [0.25, 0.3) is 22.6 Å². The van der Waals surface area contributed by atoms with E-state index in [2.05, 4.69) is 4.98 Å². The number of hydrogen-bond acceptors (Lipinski definition) is 4. The van der Waals surface area contributed by atoms with E-state index in [1.807, 2.05) is 60.7 Å². The number of carboxylic acids is 1. The molecule has 0 saturated carbocycles. The van der Waals surface area contributed by atoms with Gasteiger partial charge in [0, 0.05) is 12.1 Å². The first-order valence-electron chi connectivity index (χ1n) is 10.3. The van der Waals surface area contributed by atoms with Gasteiger partial charge in [0.25, 0.3) is 5.56 Å². The second kappa shape index (κ2) is 8.15. The number of rotatable bonds is 5. The molecule has 0 fully saturated rings. The monoisotopic (exact) mass is 424 g/mol. The second-order valence-electron chi connectivity index (χ2n) is 7.66. The van der Waals surface area contributed by atoms with Crippen LogP contribution in [-0.4, -0.2) is 20.6 Å². The summed E-state index contributed by atoms with van der Waals surface area (Å²) >= 11 is 0. The Balaban J connectivity index is 1.53. The van der Waals surface area contributed by atoms with Gasteiger partial charge < -0.3 is 9.84 Å². The number of aromatic nitrogens is 2. The van der Waals surface area contributed by atoms with E-state index in [4.69, 9.17) is 4.74 Å². The molecule has 0 saturated heterocycles. The highest BCUT2D eigenvalue weighted by molar-refractivity contribution is 5.93. The van der Waals surface area contributed by atoms with Crippen molar-refractivity contribution in [2.75, 3.05) is 0 Å². The standard InChI is InChI=1S/C26H20N2O4/c29-25-21-11-10-20(26(30)31)15-22(21)27-24-19(12-13-28(24)25)14-18-8-4-5-9-23(18)32-16-17-6-2-1-3-7-17/h1-11,14-15H,12-13,16H2,(H,30,31)/b19-14+. The van der Waals surface area contributed by atoms with Crippen LogP contribution in [0.3, 0.4) is 0 Å². The van der Waals surface area contributed by atoms with Gasteiger partial charge in [-0.3, -0.25) is 9.36 Å². The molecule has 4 aromatic rings. The topological polar surface area (TPSA) is 81.4 Å². The number of fused-ring (bicyclic) bond motifs is 2. The van der Waals surface area contributed by atoms with Crippen molar-refractivity contribution in [3.05, 3.63) is 106 Å². The third-order valence-electron chi connectivity index (χ3n) is 5.58. The van der Waals surface area contributed by atoms with Crippen molar-refractivity contribution in [2.45, 2.75) is 19.6 Å². The van der Waals surface area contributed by atoms with E-state index in [9.17, 15) is 14.7 Å². The van der Waals surface area contributed by atoms with Crippen LogP contribution in [0.15, 0.2) is 77.6 Å². The molecule has 6 heteroatoms. The Kier molecular flexibility index (Phi) is 5.03. The zero-order valence-electron chi connectivity index (χ0n) is 17.2. The van der Waals surface area contributed by atoms with Gasteiger partial charge >= 0.3 is 5.97 Å². The van der Waals surface area contributed by atoms with Crippen molar-refractivity contribution >= 4 is 28.5 Å². The van der Waals surface area contributed by atoms with E-state index >= 15 is 0 Å². The minimum Gasteiger partial charge on any atom is -0.488 e. The fourth-order valence-corrected chi connectivity index (χ4v) is 3.94. The third-order valence-corrected chi connectivity index (χ3v) is 5.58. The molecule has 0 spiro atoms. The molecule has 0 atom stereocenters. The molecule has 1 aliphatic rings. The number of nitrogens with zero attached hydrogens (tertiary/aromatic N) is 2. The molecule has 0 aliphatic carbocycles. The first-order valence-corrected chi connectivity index (χ1v) is 10.3. The van der Waals surface area contributed by atoms with E-state index in [1.54, 1.807) is 4.57 Å². The first kappa shape index (κ1) is 19.8. The Morgan fingerprint density at radius 2 is 1.84 bits per heavy atom. The maximum atomic E-state index is 12.9. The van der Waals surface area contributed by atoms with E-state index in [1.165, 1.54) is 18.2 Å². The van der Waals surface area contributed by atoms with Crippen molar-refractivity contribution in [2.24, 2.45) is 0 Å². The number of hydrogen-bond donors (Lipinski definition) is 1. The van der Waals surface area contributed by atoms with Gasteiger partial charge in [-0.2, -0.15) is 0 Å². The molecule has 1 N–H and O–H groups in total. The third kappa shape index (κ3) is 3.67. The van der Waals surface area contributed by atoms with Gasteiger partial charge in [0.05, 0.1) is 16.5 Å². The molecule has 1 aliphatic heterocycles. The van der Waals surface area contributed by atoms with E-state index in [0.29, 0.717) is 36.3 Å². The van der Waals surface area contributed by atoms with Crippen LogP contribution in [-0.2, 0) is 13.2 Å². The van der Waals surface area contributed by atoms with Gasteiger partial charge in [0.1, 0.15) is 18.2 Å². The van der Waals surface area contributed by atoms with Gasteiger partial charge in [0.2, 0.25) is 0 Å². The molecule has 32 heavy (non-hydrogen) atoms. The average molecular weight is 424 g/mol. The lowest BCUT2D eigenvalue weighted by Gasteiger charge is -2.10. The van der Waals surface area contributed by atoms with E-state index in [0.717, 1.165) is 22.4 Å². The predicted molar refractivity (Wildman–Crippen MR) is 123 cm³/mol. The number of aromatic carboxylic acids is 1. The molecule has 6 nitrogen and oxygen atoms in total. The highest BCUT2D eigenvalue weighted by Crippen LogP contribution is 2.30. The summed E-state index contributed by atoms with van der Waals surface area (Å²) in [6.07, 6.45) is 2.66. The summed E-state index contributed by atoms with van der Waals surface area (Å²) in [5, 5.41) is 9.70. The van der Waals surface area contributed by atoms with Gasteiger partial charge in [-0.1, -0.05) is 48.5 Å². The Bertz CT molecular complexity index is 1420. The number of carbonyl (C=O) groups is 1. The lowest BCUT2D eigenvalue weighted by Crippen LogP contribution is -2.21. The molecular formula is C26H20N2O4. The van der Waals surface area contributed by atoms with Crippen molar-refractivity contribution < 1.29 is 14.6 Å². The lowest BCUT2D eigenvalue weighted by molar-refractivity contribution is 0.0697. The lowest BCUT2D eigenvalue weighted by atomic mass is 10.1. The molecule has 3 aromatic carbocycles. The number of carboxylic acid groups (broad SMARTS) is 1. The van der Waals surface area contributed by atoms with Crippen LogP contribution < -0.4 is 10.3 Å². The molecule has 5 rings (SSSR count). The van der Waals surface area contributed by atoms with Crippen molar-refractivity contribution in [1.29, 1.82) is 0 Å². The number of ether oxygens (including phenoxy) is 1. The Hall–Kier alpha value is -4.19. The van der Waals surface area contributed by atoms with Crippen molar-refractivity contribution in [1.82, 2.24) is 9.55 Å². The summed E-state index contributed by atoms with van der Waals surface area (Å²) in [5.74, 6) is 0.274. The highest BCUT2D eigenvalue weighted by atomic mass is 16.5. The van der Waals surface area contributed by atoms with Crippen molar-refractivity contribution in [3.8, 4) is 5.75 Å². The zero-order chi connectivity index (χ0) is 22.1. The Morgan fingerprint density at radius 1 is 1.06 bits per heavy atom. The second-order valence-corrected chi connectivity index (χ2v) is 7.66. The molecule has 0 bridgehead atoms. The van der Waals surface area contributed by atoms with Crippen LogP contribution in [0.2, 0.25) is 0 Å². The Morgan fingerprint density at radius 3 is 2.66 bits per heavy atom. The summed E-state index contributed by atoms with van der Waals surface area (Å²) in [4.78, 5) is 28.9. The highest BCUT2D eigenvalue weighted by Gasteiger charge is 2.22. The minimum atomic E-state index is -1.05. The van der Waals surface area contributed by atoms with Gasteiger partial charge in [-0.25, -0.2) is 9.78 Å². The first-order chi connectivity index (χ1) is 15.6. The minimum absolute atomic E-state index is 0.109. The average Bonchev–Trinajstić information content (AvgIpc) is 3.21. The molecule has 158 valence electrons. The summed E-state index contributed by atoms with van der Waals surface area (Å²) < 4.78 is 7.71. The maximum absolute atomic E-state index is 12.9. The number of allylic oxidation sites excluding steroid dienone is 1. The van der Waals surface area contributed by atoms with Gasteiger partial charge in [-0.15, -0.1) is 0 Å². The summed E-state index contributed by atoms with van der Waals surface area (Å²) in [7, 11) is 0. The fourth-order valence-electron chi connectivity index (χ4n) is 3.94. The van der Waals surface area contributed by atoms with Crippen LogP contribution in [0.1, 0.15) is 33.7 Å². The number of benzene rings is 3. The quantitative estimate of drug-likeness (QED) is 0.506. The summed E-state index contributed by atoms with van der Waals surface area (Å²) in [6, 6.07) is 22.1. The summed E-state index contributed by atoms with van der Waals surface area (Å²) in [5.41, 5.74) is 3.25. The van der Waals surface area contributed by atoms with E-state index in [-0.39, 0.29) is 11.1 Å². The zero-order valence-corrected chi connectivity index (χ0v) is 17.2.